The van der Waals surface area contributed by atoms with Gasteiger partial charge in [0.25, 0.3) is 0 Å². The van der Waals surface area contributed by atoms with Crippen molar-refractivity contribution < 1.29 is 13.9 Å². The van der Waals surface area contributed by atoms with Crippen LogP contribution < -0.4 is 5.32 Å². The normalized spacial score (nSPS) is 17.1. The molecule has 6 heteroatoms. The van der Waals surface area contributed by atoms with Crippen molar-refractivity contribution in [2.45, 2.75) is 25.4 Å². The second-order valence-electron chi connectivity index (χ2n) is 6.65. The molecule has 0 unspecified atom stereocenters. The average Bonchev–Trinajstić information content (AvgIpc) is 2.96. The number of nitrogens with zero attached hydrogens (tertiary/aromatic N) is 1. The van der Waals surface area contributed by atoms with E-state index in [1.165, 1.54) is 12.3 Å². The second kappa shape index (κ2) is 5.89. The highest BCUT2D eigenvalue weighted by Gasteiger charge is 2.35. The van der Waals surface area contributed by atoms with E-state index in [4.69, 9.17) is 0 Å². The van der Waals surface area contributed by atoms with Crippen molar-refractivity contribution in [2.75, 3.05) is 13.1 Å². The summed E-state index contributed by atoms with van der Waals surface area (Å²) in [5.41, 5.74) is 1.42. The molecule has 25 heavy (non-hydrogen) atoms. The number of aliphatic hydroxyl groups is 1. The van der Waals surface area contributed by atoms with Gasteiger partial charge >= 0.3 is 0 Å². The fraction of sp³-hybridized carbons (Fsp3) is 0.316. The number of piperidine rings is 1. The Hall–Kier alpha value is -2.31. The predicted octanol–water partition coefficient (Wildman–Crippen LogP) is 3.39. The van der Waals surface area contributed by atoms with Gasteiger partial charge in [-0.15, -0.1) is 0 Å². The van der Waals surface area contributed by atoms with Gasteiger partial charge in [0.1, 0.15) is 11.5 Å². The van der Waals surface area contributed by atoms with Crippen molar-refractivity contribution in [3.8, 4) is 11.1 Å². The van der Waals surface area contributed by atoms with E-state index in [-0.39, 0.29) is 0 Å². The van der Waals surface area contributed by atoms with E-state index in [9.17, 15) is 13.9 Å². The Balaban J connectivity index is 1.86. The number of aromatic amines is 1. The number of rotatable bonds is 2. The summed E-state index contributed by atoms with van der Waals surface area (Å²) in [6.45, 7) is 3.08. The molecule has 0 spiro atoms. The summed E-state index contributed by atoms with van der Waals surface area (Å²) < 4.78 is 29.1. The SMILES string of the molecule is Cc1cc(-c2ccnc3[nH]cc(F)c23)cc(F)c1C1(O)CCNCC1. The number of benzene rings is 1. The van der Waals surface area contributed by atoms with Crippen LogP contribution in [-0.4, -0.2) is 28.2 Å². The van der Waals surface area contributed by atoms with Crippen LogP contribution in [0.4, 0.5) is 8.78 Å². The largest absolute Gasteiger partial charge is 0.385 e. The van der Waals surface area contributed by atoms with E-state index in [1.807, 2.05) is 0 Å². The third-order valence-corrected chi connectivity index (χ3v) is 5.02. The maximum atomic E-state index is 15.0. The summed E-state index contributed by atoms with van der Waals surface area (Å²) in [6, 6.07) is 4.86. The van der Waals surface area contributed by atoms with Crippen molar-refractivity contribution >= 4 is 11.0 Å². The third kappa shape index (κ3) is 2.62. The predicted molar refractivity (Wildman–Crippen MR) is 92.2 cm³/mol. The number of halogens is 2. The Bertz CT molecular complexity index is 922. The molecule has 4 rings (SSSR count). The third-order valence-electron chi connectivity index (χ3n) is 5.02. The lowest BCUT2D eigenvalue weighted by molar-refractivity contribution is 0.00220. The molecule has 3 aromatic rings. The van der Waals surface area contributed by atoms with E-state index in [1.54, 1.807) is 25.3 Å². The first kappa shape index (κ1) is 16.2. The van der Waals surface area contributed by atoms with Crippen LogP contribution in [0.2, 0.25) is 0 Å². The molecule has 1 fully saturated rings. The number of aromatic nitrogens is 2. The van der Waals surface area contributed by atoms with Crippen LogP contribution in [0.15, 0.2) is 30.6 Å². The quantitative estimate of drug-likeness (QED) is 0.668. The number of aryl methyl sites for hydroxylation is 1. The van der Waals surface area contributed by atoms with Crippen LogP contribution in [0.25, 0.3) is 22.2 Å². The van der Waals surface area contributed by atoms with E-state index in [2.05, 4.69) is 15.3 Å². The van der Waals surface area contributed by atoms with E-state index in [0.29, 0.717) is 59.2 Å². The van der Waals surface area contributed by atoms with Crippen LogP contribution in [-0.2, 0) is 5.60 Å². The highest BCUT2D eigenvalue weighted by molar-refractivity contribution is 5.93. The zero-order valence-electron chi connectivity index (χ0n) is 13.9. The summed E-state index contributed by atoms with van der Waals surface area (Å²) >= 11 is 0. The fourth-order valence-corrected chi connectivity index (χ4v) is 3.84. The number of H-pyrrole nitrogens is 1. The molecule has 0 radical (unpaired) electrons. The van der Waals surface area contributed by atoms with Crippen molar-refractivity contribution in [2.24, 2.45) is 0 Å². The van der Waals surface area contributed by atoms with Crippen LogP contribution in [0.3, 0.4) is 0 Å². The van der Waals surface area contributed by atoms with E-state index in [0.717, 1.165) is 0 Å². The lowest BCUT2D eigenvalue weighted by Gasteiger charge is -2.34. The maximum Gasteiger partial charge on any atom is 0.150 e. The number of pyridine rings is 1. The molecule has 0 bridgehead atoms. The minimum Gasteiger partial charge on any atom is -0.385 e. The standard InChI is InChI=1S/C19H19F2N3O/c1-11-8-12(13-2-5-23-18-16(13)15(21)10-24-18)9-14(20)17(11)19(25)3-6-22-7-4-19/h2,5,8-10,22,25H,3-4,6-7H2,1H3,(H,23,24). The van der Waals surface area contributed by atoms with Gasteiger partial charge in [0.05, 0.1) is 11.0 Å². The molecule has 2 aromatic heterocycles. The Kier molecular flexibility index (Phi) is 3.81. The van der Waals surface area contributed by atoms with E-state index < -0.39 is 17.2 Å². The van der Waals surface area contributed by atoms with Gasteiger partial charge in [-0.1, -0.05) is 6.07 Å². The van der Waals surface area contributed by atoms with Crippen LogP contribution in [0.5, 0.6) is 0 Å². The van der Waals surface area contributed by atoms with Gasteiger partial charge in [-0.25, -0.2) is 13.8 Å². The van der Waals surface area contributed by atoms with Gasteiger partial charge in [0.15, 0.2) is 5.82 Å². The van der Waals surface area contributed by atoms with Crippen molar-refractivity contribution in [1.29, 1.82) is 0 Å². The molecular weight excluding hydrogens is 324 g/mol. The zero-order valence-corrected chi connectivity index (χ0v) is 13.9. The van der Waals surface area contributed by atoms with Crippen LogP contribution in [0.1, 0.15) is 24.0 Å². The summed E-state index contributed by atoms with van der Waals surface area (Å²) in [5, 5.41) is 14.4. The van der Waals surface area contributed by atoms with Gasteiger partial charge in [-0.3, -0.25) is 0 Å². The zero-order chi connectivity index (χ0) is 17.6. The molecule has 1 saturated heterocycles. The molecular formula is C19H19F2N3O. The number of hydrogen-bond donors (Lipinski definition) is 3. The molecule has 4 nitrogen and oxygen atoms in total. The van der Waals surface area contributed by atoms with Crippen molar-refractivity contribution in [1.82, 2.24) is 15.3 Å². The Morgan fingerprint density at radius 1 is 1.16 bits per heavy atom. The van der Waals surface area contributed by atoms with Crippen LogP contribution >= 0.6 is 0 Å². The molecule has 3 N–H and O–H groups in total. The van der Waals surface area contributed by atoms with Gasteiger partial charge in [0.2, 0.25) is 0 Å². The average molecular weight is 343 g/mol. The highest BCUT2D eigenvalue weighted by atomic mass is 19.1. The van der Waals surface area contributed by atoms with Gasteiger partial charge < -0.3 is 15.4 Å². The van der Waals surface area contributed by atoms with E-state index >= 15 is 0 Å². The van der Waals surface area contributed by atoms with Crippen molar-refractivity contribution in [3.63, 3.8) is 0 Å². The van der Waals surface area contributed by atoms with Crippen molar-refractivity contribution in [3.05, 3.63) is 53.4 Å². The summed E-state index contributed by atoms with van der Waals surface area (Å²) in [4.78, 5) is 6.87. The van der Waals surface area contributed by atoms with Gasteiger partial charge in [-0.05, 0) is 61.7 Å². The molecule has 0 saturated carbocycles. The number of fused-ring (bicyclic) bond motifs is 1. The molecule has 1 aliphatic heterocycles. The number of nitrogens with one attached hydrogen (secondary N) is 2. The second-order valence-corrected chi connectivity index (χ2v) is 6.65. The maximum absolute atomic E-state index is 15.0. The molecule has 0 amide bonds. The first-order valence-corrected chi connectivity index (χ1v) is 8.35. The lowest BCUT2D eigenvalue weighted by atomic mass is 9.81. The minimum absolute atomic E-state index is 0.342. The molecule has 3 heterocycles. The smallest absolute Gasteiger partial charge is 0.150 e. The molecule has 0 atom stereocenters. The topological polar surface area (TPSA) is 60.9 Å². The summed E-state index contributed by atoms with van der Waals surface area (Å²) in [7, 11) is 0. The fourth-order valence-electron chi connectivity index (χ4n) is 3.84. The molecule has 130 valence electrons. The summed E-state index contributed by atoms with van der Waals surface area (Å²) in [6.07, 6.45) is 3.75. The molecule has 1 aromatic carbocycles. The monoisotopic (exact) mass is 343 g/mol. The summed E-state index contributed by atoms with van der Waals surface area (Å²) in [5.74, 6) is -0.877. The van der Waals surface area contributed by atoms with Gasteiger partial charge in [-0.2, -0.15) is 0 Å². The Morgan fingerprint density at radius 2 is 1.92 bits per heavy atom. The molecule has 0 aliphatic carbocycles. The van der Waals surface area contributed by atoms with Crippen LogP contribution in [0, 0.1) is 18.6 Å². The Morgan fingerprint density at radius 3 is 2.64 bits per heavy atom. The first-order valence-electron chi connectivity index (χ1n) is 8.35. The highest BCUT2D eigenvalue weighted by Crippen LogP contribution is 2.38. The minimum atomic E-state index is -1.16. The Labute approximate surface area is 143 Å². The number of hydrogen-bond acceptors (Lipinski definition) is 3. The lowest BCUT2D eigenvalue weighted by Crippen LogP contribution is -2.40. The first-order chi connectivity index (χ1) is 12.0. The van der Waals surface area contributed by atoms with Gasteiger partial charge in [0, 0.05) is 18.0 Å². The molecule has 1 aliphatic rings.